The van der Waals surface area contributed by atoms with Gasteiger partial charge in [0.2, 0.25) is 5.91 Å². The van der Waals surface area contributed by atoms with Crippen molar-refractivity contribution in [3.8, 4) is 0 Å². The molecule has 102 valence electrons. The minimum atomic E-state index is -0.762. The highest BCUT2D eigenvalue weighted by atomic mass is 16.4. The summed E-state index contributed by atoms with van der Waals surface area (Å²) in [6, 6.07) is 0. The van der Waals surface area contributed by atoms with Crippen molar-refractivity contribution in [1.29, 1.82) is 0 Å². The zero-order chi connectivity index (χ0) is 13.2. The largest absolute Gasteiger partial charge is 0.481 e. The van der Waals surface area contributed by atoms with Crippen molar-refractivity contribution in [2.24, 2.45) is 11.3 Å². The second-order valence-corrected chi connectivity index (χ2v) is 5.49. The maximum Gasteiger partial charge on any atom is 0.311 e. The number of hydrogen-bond donors (Lipinski definition) is 2. The standard InChI is InChI=1S/C13H22N2O3/c1-2-13(12(17)18)5-7-15(9-13)11(16)10-4-3-6-14-8-10/h10,14H,2-9H2,1H3,(H,17,18)/t10-,13?/m1/s1. The monoisotopic (exact) mass is 254 g/mol. The molecule has 5 heteroatoms. The first-order valence-corrected chi connectivity index (χ1v) is 6.82. The molecule has 2 fully saturated rings. The third-order valence-corrected chi connectivity index (χ3v) is 4.44. The highest BCUT2D eigenvalue weighted by Crippen LogP contribution is 2.35. The molecule has 0 aliphatic carbocycles. The number of piperidine rings is 1. The van der Waals surface area contributed by atoms with Gasteiger partial charge in [-0.2, -0.15) is 0 Å². The molecule has 18 heavy (non-hydrogen) atoms. The summed E-state index contributed by atoms with van der Waals surface area (Å²) in [5, 5.41) is 12.6. The van der Waals surface area contributed by atoms with Crippen molar-refractivity contribution in [1.82, 2.24) is 10.2 Å². The Morgan fingerprint density at radius 3 is 2.78 bits per heavy atom. The molecule has 2 saturated heterocycles. The fourth-order valence-electron chi connectivity index (χ4n) is 3.00. The Hall–Kier alpha value is -1.10. The molecule has 0 aromatic rings. The van der Waals surface area contributed by atoms with E-state index >= 15 is 0 Å². The van der Waals surface area contributed by atoms with E-state index in [9.17, 15) is 14.7 Å². The van der Waals surface area contributed by atoms with Crippen molar-refractivity contribution in [3.63, 3.8) is 0 Å². The van der Waals surface area contributed by atoms with Crippen LogP contribution in [-0.4, -0.2) is 48.1 Å². The number of carboxylic acids is 1. The number of carboxylic acid groups (broad SMARTS) is 1. The lowest BCUT2D eigenvalue weighted by Crippen LogP contribution is -2.43. The second-order valence-electron chi connectivity index (χ2n) is 5.49. The van der Waals surface area contributed by atoms with Crippen molar-refractivity contribution < 1.29 is 14.7 Å². The van der Waals surface area contributed by atoms with Gasteiger partial charge in [0.05, 0.1) is 11.3 Å². The molecule has 2 aliphatic heterocycles. The summed E-state index contributed by atoms with van der Waals surface area (Å²) in [5.41, 5.74) is -0.711. The third-order valence-electron chi connectivity index (χ3n) is 4.44. The predicted molar refractivity (Wildman–Crippen MR) is 67.2 cm³/mol. The van der Waals surface area contributed by atoms with E-state index in [0.717, 1.165) is 25.9 Å². The Bertz CT molecular complexity index is 339. The Kier molecular flexibility index (Phi) is 3.90. The van der Waals surface area contributed by atoms with Gasteiger partial charge in [-0.05, 0) is 32.2 Å². The molecular weight excluding hydrogens is 232 g/mol. The number of nitrogens with one attached hydrogen (secondary N) is 1. The Balaban J connectivity index is 1.99. The summed E-state index contributed by atoms with van der Waals surface area (Å²) >= 11 is 0. The topological polar surface area (TPSA) is 69.6 Å². The van der Waals surface area contributed by atoms with Gasteiger partial charge in [0, 0.05) is 19.6 Å². The zero-order valence-electron chi connectivity index (χ0n) is 10.9. The van der Waals surface area contributed by atoms with Crippen LogP contribution in [-0.2, 0) is 9.59 Å². The molecule has 0 spiro atoms. The summed E-state index contributed by atoms with van der Waals surface area (Å²) in [6.45, 7) is 4.59. The molecule has 5 nitrogen and oxygen atoms in total. The average molecular weight is 254 g/mol. The van der Waals surface area contributed by atoms with Gasteiger partial charge in [-0.25, -0.2) is 0 Å². The predicted octanol–water partition coefficient (Wildman–Crippen LogP) is 0.699. The second kappa shape index (κ2) is 5.26. The quantitative estimate of drug-likeness (QED) is 0.778. The van der Waals surface area contributed by atoms with E-state index in [1.54, 1.807) is 4.90 Å². The van der Waals surface area contributed by atoms with Crippen LogP contribution >= 0.6 is 0 Å². The number of nitrogens with zero attached hydrogens (tertiary/aromatic N) is 1. The summed E-state index contributed by atoms with van der Waals surface area (Å²) in [6.07, 6.45) is 3.14. The molecule has 0 saturated carbocycles. The van der Waals surface area contributed by atoms with Crippen LogP contribution in [0, 0.1) is 11.3 Å². The van der Waals surface area contributed by atoms with E-state index in [1.165, 1.54) is 0 Å². The van der Waals surface area contributed by atoms with Crippen molar-refractivity contribution in [3.05, 3.63) is 0 Å². The van der Waals surface area contributed by atoms with E-state index < -0.39 is 11.4 Å². The maximum absolute atomic E-state index is 12.3. The van der Waals surface area contributed by atoms with Gasteiger partial charge in [0.1, 0.15) is 0 Å². The van der Waals surface area contributed by atoms with Gasteiger partial charge in [0.15, 0.2) is 0 Å². The van der Waals surface area contributed by atoms with Gasteiger partial charge in [-0.1, -0.05) is 6.92 Å². The van der Waals surface area contributed by atoms with Crippen LogP contribution < -0.4 is 5.32 Å². The Morgan fingerprint density at radius 2 is 2.28 bits per heavy atom. The highest BCUT2D eigenvalue weighted by Gasteiger charge is 2.45. The number of likely N-dealkylation sites (tertiary alicyclic amines) is 1. The minimum Gasteiger partial charge on any atom is -0.481 e. The molecule has 0 aromatic heterocycles. The van der Waals surface area contributed by atoms with Crippen molar-refractivity contribution in [2.45, 2.75) is 32.6 Å². The molecule has 0 aromatic carbocycles. The van der Waals surface area contributed by atoms with Crippen LogP contribution in [0.25, 0.3) is 0 Å². The lowest BCUT2D eigenvalue weighted by Gasteiger charge is -2.28. The van der Waals surface area contributed by atoms with Gasteiger partial charge in [-0.3, -0.25) is 9.59 Å². The minimum absolute atomic E-state index is 0.0419. The van der Waals surface area contributed by atoms with Gasteiger partial charge >= 0.3 is 5.97 Å². The first-order chi connectivity index (χ1) is 8.59. The molecule has 2 atom stereocenters. The summed E-state index contributed by atoms with van der Waals surface area (Å²) < 4.78 is 0. The molecule has 2 heterocycles. The zero-order valence-corrected chi connectivity index (χ0v) is 10.9. The van der Waals surface area contributed by atoms with E-state index in [1.807, 2.05) is 6.92 Å². The van der Waals surface area contributed by atoms with E-state index in [2.05, 4.69) is 5.32 Å². The summed E-state index contributed by atoms with van der Waals surface area (Å²) in [4.78, 5) is 25.4. The van der Waals surface area contributed by atoms with Crippen LogP contribution in [0.4, 0.5) is 0 Å². The number of hydrogen-bond acceptors (Lipinski definition) is 3. The first-order valence-electron chi connectivity index (χ1n) is 6.82. The fraction of sp³-hybridized carbons (Fsp3) is 0.846. The first kappa shape index (κ1) is 13.3. The molecule has 0 bridgehead atoms. The highest BCUT2D eigenvalue weighted by molar-refractivity contribution is 5.82. The molecule has 2 N–H and O–H groups in total. The number of amides is 1. The fourth-order valence-corrected chi connectivity index (χ4v) is 3.00. The van der Waals surface area contributed by atoms with Crippen LogP contribution in [0.5, 0.6) is 0 Å². The number of aliphatic carboxylic acids is 1. The van der Waals surface area contributed by atoms with E-state index in [4.69, 9.17) is 0 Å². The Morgan fingerprint density at radius 1 is 1.50 bits per heavy atom. The van der Waals surface area contributed by atoms with E-state index in [-0.39, 0.29) is 11.8 Å². The SMILES string of the molecule is CCC1(C(=O)O)CCN(C(=O)[C@@H]2CCCNC2)C1. The summed E-state index contributed by atoms with van der Waals surface area (Å²) in [5.74, 6) is -0.582. The smallest absolute Gasteiger partial charge is 0.311 e. The molecule has 1 unspecified atom stereocenters. The number of carbonyl (C=O) groups excluding carboxylic acids is 1. The molecule has 2 rings (SSSR count). The normalized spacial score (nSPS) is 32.5. The van der Waals surface area contributed by atoms with Gasteiger partial charge in [-0.15, -0.1) is 0 Å². The molecule has 1 amide bonds. The summed E-state index contributed by atoms with van der Waals surface area (Å²) in [7, 11) is 0. The maximum atomic E-state index is 12.3. The van der Waals surface area contributed by atoms with Crippen LogP contribution in [0.15, 0.2) is 0 Å². The molecule has 0 radical (unpaired) electrons. The number of rotatable bonds is 3. The Labute approximate surface area is 108 Å². The van der Waals surface area contributed by atoms with Gasteiger partial charge in [0.25, 0.3) is 0 Å². The molecule has 2 aliphatic rings. The van der Waals surface area contributed by atoms with Gasteiger partial charge < -0.3 is 15.3 Å². The van der Waals surface area contributed by atoms with Crippen molar-refractivity contribution >= 4 is 11.9 Å². The van der Waals surface area contributed by atoms with Crippen LogP contribution in [0.1, 0.15) is 32.6 Å². The van der Waals surface area contributed by atoms with Crippen LogP contribution in [0.2, 0.25) is 0 Å². The lowest BCUT2D eigenvalue weighted by molar-refractivity contribution is -0.149. The van der Waals surface area contributed by atoms with Crippen molar-refractivity contribution in [2.75, 3.05) is 26.2 Å². The average Bonchev–Trinajstić information content (AvgIpc) is 2.84. The van der Waals surface area contributed by atoms with E-state index in [0.29, 0.717) is 25.9 Å². The third kappa shape index (κ3) is 2.36. The van der Waals surface area contributed by atoms with Crippen LogP contribution in [0.3, 0.4) is 0 Å². The number of carbonyl (C=O) groups is 2. The molecular formula is C13H22N2O3. The lowest BCUT2D eigenvalue weighted by atomic mass is 9.84.